The van der Waals surface area contributed by atoms with Gasteiger partial charge in [0.2, 0.25) is 0 Å². The molecular formula is C20H26F6N4O6. The second-order valence-corrected chi connectivity index (χ2v) is 7.59. The summed E-state index contributed by atoms with van der Waals surface area (Å²) >= 11 is 0. The Hall–Kier alpha value is -3.14. The van der Waals surface area contributed by atoms with Crippen molar-refractivity contribution in [3.63, 3.8) is 0 Å². The molecule has 1 aliphatic heterocycles. The number of carboxylic acids is 2. The monoisotopic (exact) mass is 532 g/mol. The molecule has 1 unspecified atom stereocenters. The molecule has 10 nitrogen and oxygen atoms in total. The van der Waals surface area contributed by atoms with Crippen molar-refractivity contribution in [1.29, 1.82) is 0 Å². The van der Waals surface area contributed by atoms with Crippen LogP contribution in [0, 0.1) is 13.8 Å². The first-order chi connectivity index (χ1) is 16.5. The number of aliphatic carboxylic acids is 2. The number of nitrogens with zero attached hydrogens (tertiary/aromatic N) is 4. The van der Waals surface area contributed by atoms with Gasteiger partial charge in [0, 0.05) is 50.3 Å². The van der Waals surface area contributed by atoms with Gasteiger partial charge in [-0.05, 0) is 20.8 Å². The summed E-state index contributed by atoms with van der Waals surface area (Å²) in [6.45, 7) is 10.5. The Morgan fingerprint density at radius 1 is 1.14 bits per heavy atom. The minimum absolute atomic E-state index is 0.370. The van der Waals surface area contributed by atoms with E-state index in [1.807, 2.05) is 20.0 Å². The third-order valence-corrected chi connectivity index (χ3v) is 4.99. The third-order valence-electron chi connectivity index (χ3n) is 4.99. The number of rotatable bonds is 5. The summed E-state index contributed by atoms with van der Waals surface area (Å²) in [5, 5.41) is 22.8. The first-order valence-electron chi connectivity index (χ1n) is 10.3. The number of carbonyl (C=O) groups is 2. The molecule has 0 bridgehead atoms. The molecule has 0 saturated carbocycles. The standard InChI is InChI=1S/C16H24N4O2.2C2HF3O2/c1-5-20-16-9-19(8-15-11(2)18-22-12(15)3)7-13(10-21-4)14(16)6-17-20;2*3-2(4,5)1(6)7/h6,13H,5,7-10H2,1-4H3;2*(H,6,7). The van der Waals surface area contributed by atoms with Crippen LogP contribution in [0.3, 0.4) is 0 Å². The molecule has 3 rings (SSSR count). The highest BCUT2D eigenvalue weighted by Crippen LogP contribution is 2.30. The van der Waals surface area contributed by atoms with Gasteiger partial charge in [-0.15, -0.1) is 0 Å². The molecule has 0 amide bonds. The molecule has 3 heterocycles. The van der Waals surface area contributed by atoms with Gasteiger partial charge < -0.3 is 19.5 Å². The average Bonchev–Trinajstić information content (AvgIpc) is 3.31. The second kappa shape index (κ2) is 12.7. The van der Waals surface area contributed by atoms with Crippen molar-refractivity contribution in [2.45, 2.75) is 58.7 Å². The summed E-state index contributed by atoms with van der Waals surface area (Å²) in [5.74, 6) is -4.23. The Bertz CT molecular complexity index is 974. The van der Waals surface area contributed by atoms with Gasteiger partial charge in [0.1, 0.15) is 5.76 Å². The number of methoxy groups -OCH3 is 1. The van der Waals surface area contributed by atoms with Gasteiger partial charge in [-0.2, -0.15) is 31.4 Å². The average molecular weight is 532 g/mol. The van der Waals surface area contributed by atoms with Gasteiger partial charge in [0.05, 0.1) is 24.2 Å². The summed E-state index contributed by atoms with van der Waals surface area (Å²) in [4.78, 5) is 20.2. The maximum absolute atomic E-state index is 10.6. The summed E-state index contributed by atoms with van der Waals surface area (Å²) in [5.41, 5.74) is 4.82. The molecule has 0 fully saturated rings. The van der Waals surface area contributed by atoms with Crippen LogP contribution in [-0.4, -0.2) is 74.6 Å². The zero-order valence-corrected chi connectivity index (χ0v) is 19.8. The fourth-order valence-corrected chi connectivity index (χ4v) is 3.31. The Labute approximate surface area is 201 Å². The molecule has 0 spiro atoms. The van der Waals surface area contributed by atoms with Gasteiger partial charge in [-0.25, -0.2) is 9.59 Å². The number of aromatic nitrogens is 3. The van der Waals surface area contributed by atoms with Crippen molar-refractivity contribution in [1.82, 2.24) is 19.8 Å². The zero-order valence-electron chi connectivity index (χ0n) is 19.8. The van der Waals surface area contributed by atoms with E-state index in [-0.39, 0.29) is 0 Å². The highest BCUT2D eigenvalue weighted by Gasteiger charge is 2.39. The van der Waals surface area contributed by atoms with E-state index in [4.69, 9.17) is 29.1 Å². The number of halogens is 6. The lowest BCUT2D eigenvalue weighted by Crippen LogP contribution is -2.35. The number of fused-ring (bicyclic) bond motifs is 1. The van der Waals surface area contributed by atoms with Crippen LogP contribution < -0.4 is 0 Å². The highest BCUT2D eigenvalue weighted by molar-refractivity contribution is 5.73. The van der Waals surface area contributed by atoms with Crippen LogP contribution in [0.1, 0.15) is 41.1 Å². The largest absolute Gasteiger partial charge is 0.490 e. The number of carboxylic acid groups (broad SMARTS) is 2. The van der Waals surface area contributed by atoms with Crippen LogP contribution in [-0.2, 0) is 34.0 Å². The maximum atomic E-state index is 10.6. The van der Waals surface area contributed by atoms with E-state index in [0.717, 1.165) is 44.2 Å². The molecule has 2 N–H and O–H groups in total. The van der Waals surface area contributed by atoms with Crippen LogP contribution in [0.25, 0.3) is 0 Å². The minimum Gasteiger partial charge on any atom is -0.475 e. The summed E-state index contributed by atoms with van der Waals surface area (Å²) < 4.78 is 76.3. The molecule has 0 radical (unpaired) electrons. The fourth-order valence-electron chi connectivity index (χ4n) is 3.31. The Balaban J connectivity index is 0.000000383. The third kappa shape index (κ3) is 8.82. The predicted octanol–water partition coefficient (Wildman–Crippen LogP) is 3.52. The number of ether oxygens (including phenoxy) is 1. The van der Waals surface area contributed by atoms with Crippen molar-refractivity contribution >= 4 is 11.9 Å². The zero-order chi connectivity index (χ0) is 27.8. The van der Waals surface area contributed by atoms with E-state index < -0.39 is 24.3 Å². The van der Waals surface area contributed by atoms with Gasteiger partial charge >= 0.3 is 24.3 Å². The number of hydrogen-bond acceptors (Lipinski definition) is 7. The van der Waals surface area contributed by atoms with E-state index in [0.29, 0.717) is 5.92 Å². The van der Waals surface area contributed by atoms with Crippen molar-refractivity contribution in [3.05, 3.63) is 34.5 Å². The number of aryl methyl sites for hydroxylation is 3. The molecule has 2 aromatic rings. The second-order valence-electron chi connectivity index (χ2n) is 7.59. The van der Waals surface area contributed by atoms with E-state index in [1.165, 1.54) is 16.8 Å². The van der Waals surface area contributed by atoms with E-state index in [9.17, 15) is 26.3 Å². The lowest BCUT2D eigenvalue weighted by Gasteiger charge is -2.32. The highest BCUT2D eigenvalue weighted by atomic mass is 19.4. The molecule has 1 aliphatic rings. The number of alkyl halides is 6. The predicted molar refractivity (Wildman–Crippen MR) is 110 cm³/mol. The lowest BCUT2D eigenvalue weighted by atomic mass is 9.95. The van der Waals surface area contributed by atoms with E-state index in [1.54, 1.807) is 7.11 Å². The molecule has 0 saturated heterocycles. The Morgan fingerprint density at radius 2 is 1.67 bits per heavy atom. The number of hydrogen-bond donors (Lipinski definition) is 2. The van der Waals surface area contributed by atoms with Crippen LogP contribution in [0.2, 0.25) is 0 Å². The van der Waals surface area contributed by atoms with Crippen LogP contribution in [0.4, 0.5) is 26.3 Å². The molecule has 1 atom stereocenters. The van der Waals surface area contributed by atoms with Crippen LogP contribution in [0.15, 0.2) is 10.7 Å². The summed E-state index contributed by atoms with van der Waals surface area (Å²) in [6.07, 6.45) is -8.16. The van der Waals surface area contributed by atoms with Crippen molar-refractivity contribution < 1.29 is 55.4 Å². The first kappa shape index (κ1) is 30.9. The fraction of sp³-hybridized carbons (Fsp3) is 0.600. The lowest BCUT2D eigenvalue weighted by molar-refractivity contribution is -0.193. The SMILES string of the molecule is CCn1ncc2c1CN(Cc1c(C)noc1C)CC2COC.O=C(O)C(F)(F)F.O=C(O)C(F)(F)F. The van der Waals surface area contributed by atoms with Gasteiger partial charge in [-0.1, -0.05) is 5.16 Å². The molecular weight excluding hydrogens is 506 g/mol. The quantitative estimate of drug-likeness (QED) is 0.556. The Morgan fingerprint density at radius 3 is 2.06 bits per heavy atom. The van der Waals surface area contributed by atoms with E-state index in [2.05, 4.69) is 26.8 Å². The summed E-state index contributed by atoms with van der Waals surface area (Å²) in [6, 6.07) is 0. The summed E-state index contributed by atoms with van der Waals surface area (Å²) in [7, 11) is 1.76. The molecule has 36 heavy (non-hydrogen) atoms. The smallest absolute Gasteiger partial charge is 0.475 e. The van der Waals surface area contributed by atoms with E-state index >= 15 is 0 Å². The topological polar surface area (TPSA) is 131 Å². The minimum atomic E-state index is -5.08. The van der Waals surface area contributed by atoms with Crippen molar-refractivity contribution in [2.75, 3.05) is 20.3 Å². The van der Waals surface area contributed by atoms with Crippen LogP contribution >= 0.6 is 0 Å². The maximum Gasteiger partial charge on any atom is 0.490 e. The van der Waals surface area contributed by atoms with Gasteiger partial charge in [0.15, 0.2) is 0 Å². The molecule has 0 aromatic carbocycles. The van der Waals surface area contributed by atoms with Crippen molar-refractivity contribution in [3.8, 4) is 0 Å². The molecule has 16 heteroatoms. The molecule has 204 valence electrons. The Kier molecular flexibility index (Phi) is 10.9. The first-order valence-corrected chi connectivity index (χ1v) is 10.3. The van der Waals surface area contributed by atoms with Crippen LogP contribution in [0.5, 0.6) is 0 Å². The van der Waals surface area contributed by atoms with Gasteiger partial charge in [-0.3, -0.25) is 9.58 Å². The van der Waals surface area contributed by atoms with Gasteiger partial charge in [0.25, 0.3) is 0 Å². The normalized spacial score (nSPS) is 15.8. The molecule has 2 aromatic heterocycles. The van der Waals surface area contributed by atoms with Crippen molar-refractivity contribution in [2.24, 2.45) is 0 Å². The molecule has 0 aliphatic carbocycles.